The molecule has 0 saturated heterocycles. The van der Waals surface area contributed by atoms with Gasteiger partial charge in [0.15, 0.2) is 11.6 Å². The van der Waals surface area contributed by atoms with E-state index in [1.165, 1.54) is 69.8 Å². The minimum Gasteiger partial charge on any atom is -0.494 e. The number of hydrogen-bond donors (Lipinski definition) is 0. The van der Waals surface area contributed by atoms with Gasteiger partial charge < -0.3 is 9.64 Å². The Balaban J connectivity index is 0.949. The molecule has 42 heavy (non-hydrogen) atoms. The summed E-state index contributed by atoms with van der Waals surface area (Å²) < 4.78 is 10.2. The van der Waals surface area contributed by atoms with Gasteiger partial charge in [-0.2, -0.15) is 0 Å². The summed E-state index contributed by atoms with van der Waals surface area (Å²) >= 11 is 0. The van der Waals surface area contributed by atoms with E-state index in [9.17, 15) is 4.79 Å². The zero-order valence-electron chi connectivity index (χ0n) is 24.9. The second-order valence-electron chi connectivity index (χ2n) is 12.3. The number of unbranched alkanes of at least 4 members (excludes halogenated alkanes) is 2. The van der Waals surface area contributed by atoms with E-state index in [-0.39, 0.29) is 5.91 Å². The molecule has 2 aliphatic carbocycles. The fraction of sp³-hybridized carbons (Fsp3) is 0.710. The van der Waals surface area contributed by atoms with Crippen molar-refractivity contribution in [3.63, 3.8) is 0 Å². The van der Waals surface area contributed by atoms with Crippen LogP contribution in [-0.4, -0.2) is 59.5 Å². The summed E-state index contributed by atoms with van der Waals surface area (Å²) in [5, 5.41) is 25.1. The van der Waals surface area contributed by atoms with Crippen molar-refractivity contribution in [1.82, 2.24) is 40.4 Å². The maximum Gasteiger partial charge on any atom is 0.227 e. The van der Waals surface area contributed by atoms with Gasteiger partial charge in [0, 0.05) is 37.5 Å². The van der Waals surface area contributed by atoms with E-state index >= 15 is 0 Å². The maximum absolute atomic E-state index is 12.8. The molecule has 3 aromatic rings. The molecule has 11 heteroatoms. The van der Waals surface area contributed by atoms with Crippen molar-refractivity contribution >= 4 is 11.6 Å². The second-order valence-corrected chi connectivity index (χ2v) is 12.3. The van der Waals surface area contributed by atoms with Gasteiger partial charge in [-0.1, -0.05) is 38.5 Å². The Morgan fingerprint density at radius 2 is 1.60 bits per heavy atom. The average Bonchev–Trinajstić information content (AvgIpc) is 3.71. The zero-order chi connectivity index (χ0) is 28.6. The van der Waals surface area contributed by atoms with Crippen LogP contribution in [0.15, 0.2) is 18.2 Å². The monoisotopic (exact) mass is 575 g/mol. The number of tetrazole rings is 2. The van der Waals surface area contributed by atoms with Crippen LogP contribution in [-0.2, 0) is 24.2 Å². The lowest BCUT2D eigenvalue weighted by Crippen LogP contribution is -2.36. The fourth-order valence-corrected chi connectivity index (χ4v) is 6.99. The highest BCUT2D eigenvalue weighted by atomic mass is 16.5. The van der Waals surface area contributed by atoms with Crippen molar-refractivity contribution in [3.05, 3.63) is 35.4 Å². The topological polar surface area (TPSA) is 117 Å². The molecule has 0 bridgehead atoms. The lowest BCUT2D eigenvalue weighted by Gasteiger charge is -2.30. The summed E-state index contributed by atoms with van der Waals surface area (Å²) in [6.45, 7) is 2.18. The van der Waals surface area contributed by atoms with E-state index in [0.29, 0.717) is 31.5 Å². The molecule has 2 fully saturated rings. The second kappa shape index (κ2) is 14.2. The van der Waals surface area contributed by atoms with E-state index in [4.69, 9.17) is 4.74 Å². The van der Waals surface area contributed by atoms with E-state index in [1.54, 1.807) is 0 Å². The molecule has 0 atom stereocenters. The molecule has 1 aromatic carbocycles. The Hall–Kier alpha value is -3.37. The summed E-state index contributed by atoms with van der Waals surface area (Å²) in [6.07, 6.45) is 18.5. The number of ether oxygens (including phenoxy) is 1. The molecule has 3 heterocycles. The van der Waals surface area contributed by atoms with Gasteiger partial charge in [-0.05, 0) is 102 Å². The van der Waals surface area contributed by atoms with Crippen molar-refractivity contribution in [2.24, 2.45) is 0 Å². The van der Waals surface area contributed by atoms with Crippen LogP contribution in [0.5, 0.6) is 5.75 Å². The highest BCUT2D eigenvalue weighted by Crippen LogP contribution is 2.33. The van der Waals surface area contributed by atoms with Crippen LogP contribution >= 0.6 is 0 Å². The minimum atomic E-state index is 0.206. The molecular formula is C31H45N9O2. The SMILES string of the molecule is O=C1CCc2cc(OCCCCc3nnnn3C3CCCCC3)ccc2N1CCCCn1nnnc1C1CCCCC1. The molecule has 0 unspecified atom stereocenters. The van der Waals surface area contributed by atoms with E-state index < -0.39 is 0 Å². The number of anilines is 1. The first-order valence-corrected chi connectivity index (χ1v) is 16.3. The van der Waals surface area contributed by atoms with Gasteiger partial charge in [0.05, 0.1) is 12.6 Å². The van der Waals surface area contributed by atoms with Gasteiger partial charge >= 0.3 is 0 Å². The Bertz CT molecular complexity index is 1290. The Morgan fingerprint density at radius 1 is 0.810 bits per heavy atom. The number of aryl methyl sites for hydroxylation is 3. The van der Waals surface area contributed by atoms with Crippen molar-refractivity contribution in [3.8, 4) is 5.75 Å². The first kappa shape index (κ1) is 28.7. The number of carbonyl (C=O) groups excluding carboxylic acids is 1. The molecule has 2 saturated carbocycles. The van der Waals surface area contributed by atoms with Crippen LogP contribution in [0.1, 0.15) is 125 Å². The van der Waals surface area contributed by atoms with Gasteiger partial charge in [-0.3, -0.25) is 4.79 Å². The van der Waals surface area contributed by atoms with E-state index in [2.05, 4.69) is 47.9 Å². The predicted octanol–water partition coefficient (Wildman–Crippen LogP) is 5.37. The summed E-state index contributed by atoms with van der Waals surface area (Å²) in [6, 6.07) is 6.65. The van der Waals surface area contributed by atoms with Crippen LogP contribution in [0, 0.1) is 0 Å². The third kappa shape index (κ3) is 6.98. The maximum atomic E-state index is 12.8. The largest absolute Gasteiger partial charge is 0.494 e. The summed E-state index contributed by atoms with van der Waals surface area (Å²) in [5.41, 5.74) is 2.22. The van der Waals surface area contributed by atoms with E-state index in [1.807, 2.05) is 15.6 Å². The first-order chi connectivity index (χ1) is 20.8. The molecule has 0 radical (unpaired) electrons. The fourth-order valence-electron chi connectivity index (χ4n) is 6.99. The normalized spacial score (nSPS) is 18.4. The van der Waals surface area contributed by atoms with Crippen molar-refractivity contribution < 1.29 is 9.53 Å². The highest BCUT2D eigenvalue weighted by molar-refractivity contribution is 5.96. The number of nitrogens with zero attached hydrogens (tertiary/aromatic N) is 9. The van der Waals surface area contributed by atoms with Crippen LogP contribution in [0.25, 0.3) is 0 Å². The molecule has 1 amide bonds. The number of rotatable bonds is 13. The van der Waals surface area contributed by atoms with E-state index in [0.717, 1.165) is 68.2 Å². The molecular weight excluding hydrogens is 530 g/mol. The Morgan fingerprint density at radius 3 is 2.45 bits per heavy atom. The third-order valence-electron chi connectivity index (χ3n) is 9.33. The van der Waals surface area contributed by atoms with Crippen LogP contribution in [0.4, 0.5) is 5.69 Å². The lowest BCUT2D eigenvalue weighted by molar-refractivity contribution is -0.118. The quantitative estimate of drug-likeness (QED) is 0.250. The van der Waals surface area contributed by atoms with Gasteiger partial charge in [0.2, 0.25) is 5.91 Å². The molecule has 226 valence electrons. The number of aromatic nitrogens is 8. The zero-order valence-corrected chi connectivity index (χ0v) is 24.9. The standard InChI is InChI=1S/C31H45N9O2/c41-30-19-16-25-23-27(42-22-10-7-15-29-32-34-37-40(29)26-13-5-2-6-14-26)17-18-28(25)38(30)20-8-9-21-39-31(33-35-36-39)24-11-3-1-4-12-24/h17-18,23-24,26H,1-16,19-22H2. The molecule has 6 rings (SSSR count). The Kier molecular flexibility index (Phi) is 9.72. The molecule has 0 spiro atoms. The number of hydrogen-bond acceptors (Lipinski definition) is 8. The predicted molar refractivity (Wildman–Crippen MR) is 158 cm³/mol. The van der Waals surface area contributed by atoms with Crippen LogP contribution in [0.2, 0.25) is 0 Å². The molecule has 0 N–H and O–H groups in total. The summed E-state index contributed by atoms with van der Waals surface area (Å²) in [4.78, 5) is 14.8. The summed E-state index contributed by atoms with van der Waals surface area (Å²) in [5.74, 6) is 3.62. The molecule has 1 aliphatic heterocycles. The molecule has 2 aromatic heterocycles. The summed E-state index contributed by atoms with van der Waals surface area (Å²) in [7, 11) is 0. The smallest absolute Gasteiger partial charge is 0.227 e. The van der Waals surface area contributed by atoms with Crippen LogP contribution < -0.4 is 9.64 Å². The first-order valence-electron chi connectivity index (χ1n) is 16.3. The number of benzene rings is 1. The lowest BCUT2D eigenvalue weighted by atomic mass is 9.89. The Labute approximate surface area is 248 Å². The molecule has 3 aliphatic rings. The van der Waals surface area contributed by atoms with Gasteiger partial charge in [0.1, 0.15) is 5.75 Å². The average molecular weight is 576 g/mol. The minimum absolute atomic E-state index is 0.206. The van der Waals surface area contributed by atoms with Gasteiger partial charge in [0.25, 0.3) is 0 Å². The van der Waals surface area contributed by atoms with Crippen molar-refractivity contribution in [1.29, 1.82) is 0 Å². The number of fused-ring (bicyclic) bond motifs is 1. The van der Waals surface area contributed by atoms with Crippen molar-refractivity contribution in [2.45, 2.75) is 128 Å². The van der Waals surface area contributed by atoms with Crippen molar-refractivity contribution in [2.75, 3.05) is 18.1 Å². The highest BCUT2D eigenvalue weighted by Gasteiger charge is 2.25. The van der Waals surface area contributed by atoms with Crippen LogP contribution in [0.3, 0.4) is 0 Å². The van der Waals surface area contributed by atoms with Gasteiger partial charge in [-0.15, -0.1) is 10.2 Å². The van der Waals surface area contributed by atoms with Gasteiger partial charge in [-0.25, -0.2) is 9.36 Å². The number of amides is 1. The number of carbonyl (C=O) groups is 1. The molecule has 11 nitrogen and oxygen atoms in total. The third-order valence-corrected chi connectivity index (χ3v) is 9.33.